The van der Waals surface area contributed by atoms with Gasteiger partial charge in [0.05, 0.1) is 11.9 Å². The lowest BCUT2D eigenvalue weighted by Crippen LogP contribution is -2.28. The van der Waals surface area contributed by atoms with E-state index in [0.717, 1.165) is 6.20 Å². The van der Waals surface area contributed by atoms with E-state index in [2.05, 4.69) is 15.0 Å². The Morgan fingerprint density at radius 3 is 2.47 bits per heavy atom. The molecular weight excluding hydrogens is 221 g/mol. The zero-order chi connectivity index (χ0) is 12.3. The molecule has 0 aliphatic rings. The van der Waals surface area contributed by atoms with Crippen molar-refractivity contribution in [1.29, 1.82) is 0 Å². The summed E-state index contributed by atoms with van der Waals surface area (Å²) in [6, 6.07) is 2.73. The number of pyridine rings is 1. The van der Waals surface area contributed by atoms with Gasteiger partial charge in [-0.15, -0.1) is 0 Å². The summed E-state index contributed by atoms with van der Waals surface area (Å²) in [5.74, 6) is -0.434. The molecule has 0 aliphatic heterocycles. The number of halogens is 1. The summed E-state index contributed by atoms with van der Waals surface area (Å²) < 4.78 is 12.8. The van der Waals surface area contributed by atoms with Gasteiger partial charge in [-0.3, -0.25) is 4.98 Å². The summed E-state index contributed by atoms with van der Waals surface area (Å²) in [6.45, 7) is 1.82. The van der Waals surface area contributed by atoms with Gasteiger partial charge in [-0.05, 0) is 18.6 Å². The average Bonchev–Trinajstić information content (AvgIpc) is 2.40. The minimum absolute atomic E-state index is 0.385. The maximum atomic E-state index is 12.8. The Hall–Kier alpha value is -1.88. The van der Waals surface area contributed by atoms with E-state index in [1.165, 1.54) is 30.9 Å². The molecule has 1 atom stereocenters. The first-order valence-corrected chi connectivity index (χ1v) is 5.26. The summed E-state index contributed by atoms with van der Waals surface area (Å²) in [7, 11) is 0. The first kappa shape index (κ1) is 11.6. The predicted molar refractivity (Wildman–Crippen MR) is 59.5 cm³/mol. The molecule has 4 nitrogen and oxygen atoms in total. The molecule has 0 spiro atoms. The van der Waals surface area contributed by atoms with Crippen LogP contribution in [0.15, 0.2) is 37.1 Å². The highest BCUT2D eigenvalue weighted by atomic mass is 19.1. The van der Waals surface area contributed by atoms with Gasteiger partial charge in [0.25, 0.3) is 0 Å². The van der Waals surface area contributed by atoms with Crippen LogP contribution in [0.1, 0.15) is 24.6 Å². The van der Waals surface area contributed by atoms with Crippen LogP contribution < -0.4 is 0 Å². The lowest BCUT2D eigenvalue weighted by atomic mass is 9.89. The Kier molecular flexibility index (Phi) is 3.10. The molecule has 0 radical (unpaired) electrons. The van der Waals surface area contributed by atoms with Gasteiger partial charge in [0.1, 0.15) is 17.7 Å². The molecule has 1 N–H and O–H groups in total. The van der Waals surface area contributed by atoms with E-state index in [1.54, 1.807) is 0 Å². The highest BCUT2D eigenvalue weighted by Gasteiger charge is 2.31. The standard InChI is InChI=1S/C12H12FN3O/c1-2-12(17,9-5-14-8-15-6-9)11-4-3-10(13)7-16-11/h3-8,17H,2H2,1H3. The summed E-state index contributed by atoms with van der Waals surface area (Å²) in [5, 5.41) is 10.6. The predicted octanol–water partition coefficient (Wildman–Crippen LogP) is 1.66. The van der Waals surface area contributed by atoms with Crippen LogP contribution in [0.3, 0.4) is 0 Å². The molecule has 0 aliphatic carbocycles. The number of nitrogens with zero attached hydrogens (tertiary/aromatic N) is 3. The third-order valence-corrected chi connectivity index (χ3v) is 2.70. The third-order valence-electron chi connectivity index (χ3n) is 2.70. The van der Waals surface area contributed by atoms with Crippen LogP contribution in [-0.4, -0.2) is 20.1 Å². The quantitative estimate of drug-likeness (QED) is 0.875. The second kappa shape index (κ2) is 4.55. The van der Waals surface area contributed by atoms with Crippen molar-refractivity contribution >= 4 is 0 Å². The van der Waals surface area contributed by atoms with Gasteiger partial charge < -0.3 is 5.11 Å². The molecule has 2 rings (SSSR count). The SMILES string of the molecule is CCC(O)(c1cncnc1)c1ccc(F)cn1. The fourth-order valence-corrected chi connectivity index (χ4v) is 1.67. The minimum atomic E-state index is -1.28. The van der Waals surface area contributed by atoms with Crippen molar-refractivity contribution in [2.75, 3.05) is 0 Å². The first-order chi connectivity index (χ1) is 8.16. The summed E-state index contributed by atoms with van der Waals surface area (Å²) in [6.07, 6.45) is 5.93. The number of rotatable bonds is 3. The maximum Gasteiger partial charge on any atom is 0.141 e. The third kappa shape index (κ3) is 2.14. The molecule has 2 aromatic rings. The second-order valence-electron chi connectivity index (χ2n) is 3.70. The van der Waals surface area contributed by atoms with Crippen LogP contribution in [0.4, 0.5) is 4.39 Å². The zero-order valence-electron chi connectivity index (χ0n) is 9.34. The molecule has 0 amide bonds. The molecule has 0 bridgehead atoms. The largest absolute Gasteiger partial charge is 0.379 e. The van der Waals surface area contributed by atoms with Crippen molar-refractivity contribution in [2.24, 2.45) is 0 Å². The van der Waals surface area contributed by atoms with Crippen LogP contribution in [0.25, 0.3) is 0 Å². The molecule has 0 aromatic carbocycles. The summed E-state index contributed by atoms with van der Waals surface area (Å²) in [4.78, 5) is 11.7. The molecule has 2 heterocycles. The van der Waals surface area contributed by atoms with Crippen LogP contribution in [0.5, 0.6) is 0 Å². The lowest BCUT2D eigenvalue weighted by molar-refractivity contribution is 0.0710. The van der Waals surface area contributed by atoms with Crippen molar-refractivity contribution < 1.29 is 9.50 Å². The second-order valence-corrected chi connectivity index (χ2v) is 3.70. The van der Waals surface area contributed by atoms with E-state index in [4.69, 9.17) is 0 Å². The fourth-order valence-electron chi connectivity index (χ4n) is 1.67. The Morgan fingerprint density at radius 1 is 1.24 bits per heavy atom. The van der Waals surface area contributed by atoms with E-state index in [9.17, 15) is 9.50 Å². The van der Waals surface area contributed by atoms with Gasteiger partial charge in [0.15, 0.2) is 0 Å². The summed E-state index contributed by atoms with van der Waals surface area (Å²) in [5.41, 5.74) is -0.354. The maximum absolute atomic E-state index is 12.8. The molecule has 0 fully saturated rings. The molecule has 88 valence electrons. The number of hydrogen-bond donors (Lipinski definition) is 1. The number of hydrogen-bond acceptors (Lipinski definition) is 4. The van der Waals surface area contributed by atoms with Crippen molar-refractivity contribution in [2.45, 2.75) is 18.9 Å². The van der Waals surface area contributed by atoms with Crippen molar-refractivity contribution in [3.63, 3.8) is 0 Å². The van der Waals surface area contributed by atoms with E-state index >= 15 is 0 Å². The zero-order valence-corrected chi connectivity index (χ0v) is 9.34. The van der Waals surface area contributed by atoms with Crippen molar-refractivity contribution in [3.8, 4) is 0 Å². The van der Waals surface area contributed by atoms with Crippen LogP contribution in [0.2, 0.25) is 0 Å². The average molecular weight is 233 g/mol. The van der Waals surface area contributed by atoms with Gasteiger partial charge >= 0.3 is 0 Å². The highest BCUT2D eigenvalue weighted by molar-refractivity contribution is 5.28. The van der Waals surface area contributed by atoms with E-state index < -0.39 is 11.4 Å². The molecule has 0 saturated heterocycles. The topological polar surface area (TPSA) is 58.9 Å². The van der Waals surface area contributed by atoms with Gasteiger partial charge in [0, 0.05) is 18.0 Å². The molecule has 0 saturated carbocycles. The Balaban J connectivity index is 2.48. The van der Waals surface area contributed by atoms with Crippen LogP contribution in [-0.2, 0) is 5.60 Å². The lowest BCUT2D eigenvalue weighted by Gasteiger charge is -2.25. The van der Waals surface area contributed by atoms with E-state index in [0.29, 0.717) is 17.7 Å². The molecular formula is C12H12FN3O. The van der Waals surface area contributed by atoms with Crippen LogP contribution in [0, 0.1) is 5.82 Å². The number of aliphatic hydroxyl groups is 1. The number of aromatic nitrogens is 3. The van der Waals surface area contributed by atoms with E-state index in [1.807, 2.05) is 6.92 Å². The Bertz CT molecular complexity index is 489. The van der Waals surface area contributed by atoms with Gasteiger partial charge in [-0.2, -0.15) is 0 Å². The highest BCUT2D eigenvalue weighted by Crippen LogP contribution is 2.30. The Morgan fingerprint density at radius 2 is 1.94 bits per heavy atom. The van der Waals surface area contributed by atoms with Gasteiger partial charge in [0.2, 0.25) is 0 Å². The van der Waals surface area contributed by atoms with Crippen molar-refractivity contribution in [3.05, 3.63) is 54.1 Å². The Labute approximate surface area is 98.2 Å². The fraction of sp³-hybridized carbons (Fsp3) is 0.250. The monoisotopic (exact) mass is 233 g/mol. The van der Waals surface area contributed by atoms with Crippen LogP contribution >= 0.6 is 0 Å². The molecule has 1 unspecified atom stereocenters. The van der Waals surface area contributed by atoms with Gasteiger partial charge in [-0.25, -0.2) is 14.4 Å². The van der Waals surface area contributed by atoms with Crippen molar-refractivity contribution in [1.82, 2.24) is 15.0 Å². The first-order valence-electron chi connectivity index (χ1n) is 5.26. The van der Waals surface area contributed by atoms with Gasteiger partial charge in [-0.1, -0.05) is 6.92 Å². The smallest absolute Gasteiger partial charge is 0.141 e. The summed E-state index contributed by atoms with van der Waals surface area (Å²) >= 11 is 0. The molecule has 2 aromatic heterocycles. The minimum Gasteiger partial charge on any atom is -0.379 e. The van der Waals surface area contributed by atoms with E-state index in [-0.39, 0.29) is 0 Å². The molecule has 5 heteroatoms. The molecule has 17 heavy (non-hydrogen) atoms. The normalized spacial score (nSPS) is 14.3.